The van der Waals surface area contributed by atoms with Crippen LogP contribution in [0.1, 0.15) is 19.3 Å². The molecule has 1 aromatic carbocycles. The molecule has 4 heteroatoms. The molecule has 0 amide bonds. The van der Waals surface area contributed by atoms with Gasteiger partial charge >= 0.3 is 0 Å². The van der Waals surface area contributed by atoms with Crippen LogP contribution in [0.3, 0.4) is 0 Å². The van der Waals surface area contributed by atoms with Gasteiger partial charge in [0.05, 0.1) is 7.11 Å². The van der Waals surface area contributed by atoms with E-state index >= 15 is 0 Å². The molecule has 1 aromatic heterocycles. The summed E-state index contributed by atoms with van der Waals surface area (Å²) >= 11 is 0. The fraction of sp³-hybridized carbons (Fsp3) is 0.471. The lowest BCUT2D eigenvalue weighted by Crippen LogP contribution is -2.35. The number of nitrogens with zero attached hydrogens (tertiary/aromatic N) is 2. The molecule has 110 valence electrons. The van der Waals surface area contributed by atoms with Gasteiger partial charge in [-0.1, -0.05) is 6.07 Å². The topological polar surface area (TPSA) is 37.4 Å². The third-order valence-electron chi connectivity index (χ3n) is 4.78. The lowest BCUT2D eigenvalue weighted by atomic mass is 10.1. The molecule has 2 atom stereocenters. The monoisotopic (exact) mass is 283 g/mol. The molecular formula is C17H21N3O. The van der Waals surface area contributed by atoms with Crippen molar-refractivity contribution >= 4 is 16.6 Å². The van der Waals surface area contributed by atoms with Gasteiger partial charge in [0.1, 0.15) is 11.6 Å². The first-order chi connectivity index (χ1) is 10.3. The van der Waals surface area contributed by atoms with Crippen LogP contribution in [0.2, 0.25) is 0 Å². The third-order valence-corrected chi connectivity index (χ3v) is 4.78. The van der Waals surface area contributed by atoms with Crippen molar-refractivity contribution in [3.63, 3.8) is 0 Å². The van der Waals surface area contributed by atoms with Crippen LogP contribution < -0.4 is 15.0 Å². The summed E-state index contributed by atoms with van der Waals surface area (Å²) in [5.74, 6) is 1.99. The lowest BCUT2D eigenvalue weighted by Gasteiger charge is -2.26. The molecule has 2 fully saturated rings. The van der Waals surface area contributed by atoms with Crippen LogP contribution in [-0.4, -0.2) is 37.3 Å². The Bertz CT molecular complexity index is 658. The maximum atomic E-state index is 5.38. The van der Waals surface area contributed by atoms with Gasteiger partial charge < -0.3 is 15.0 Å². The molecule has 0 spiro atoms. The Balaban J connectivity index is 1.75. The van der Waals surface area contributed by atoms with E-state index in [9.17, 15) is 0 Å². The predicted octanol–water partition coefficient (Wildman–Crippen LogP) is 2.57. The zero-order chi connectivity index (χ0) is 14.2. The molecule has 4 rings (SSSR count). The summed E-state index contributed by atoms with van der Waals surface area (Å²) in [4.78, 5) is 7.12. The van der Waals surface area contributed by atoms with Crippen molar-refractivity contribution in [3.05, 3.63) is 30.5 Å². The molecular weight excluding hydrogens is 262 g/mol. The van der Waals surface area contributed by atoms with Crippen LogP contribution in [0.15, 0.2) is 30.5 Å². The predicted molar refractivity (Wildman–Crippen MR) is 85.1 cm³/mol. The average Bonchev–Trinajstić information content (AvgIpc) is 2.85. The number of nitrogens with one attached hydrogen (secondary N) is 1. The van der Waals surface area contributed by atoms with Crippen molar-refractivity contribution < 1.29 is 4.74 Å². The number of fused-ring (bicyclic) bond motifs is 3. The van der Waals surface area contributed by atoms with Crippen molar-refractivity contribution in [2.75, 3.05) is 25.1 Å². The third kappa shape index (κ3) is 2.33. The zero-order valence-electron chi connectivity index (χ0n) is 12.4. The summed E-state index contributed by atoms with van der Waals surface area (Å²) in [5, 5.41) is 6.14. The second-order valence-corrected chi connectivity index (χ2v) is 6.09. The van der Waals surface area contributed by atoms with Crippen molar-refractivity contribution in [1.29, 1.82) is 0 Å². The summed E-state index contributed by atoms with van der Waals surface area (Å²) in [6.07, 6.45) is 5.74. The van der Waals surface area contributed by atoms with E-state index in [-0.39, 0.29) is 0 Å². The Morgan fingerprint density at radius 3 is 3.00 bits per heavy atom. The molecule has 3 heterocycles. The lowest BCUT2D eigenvalue weighted by molar-refractivity contribution is 0.415. The summed E-state index contributed by atoms with van der Waals surface area (Å²) in [5.41, 5.74) is 0. The first-order valence-electron chi connectivity index (χ1n) is 7.77. The fourth-order valence-electron chi connectivity index (χ4n) is 3.65. The second-order valence-electron chi connectivity index (χ2n) is 6.09. The number of aromatic nitrogens is 1. The normalized spacial score (nSPS) is 25.1. The van der Waals surface area contributed by atoms with Gasteiger partial charge in [0.25, 0.3) is 0 Å². The van der Waals surface area contributed by atoms with Gasteiger partial charge in [-0.05, 0) is 42.8 Å². The van der Waals surface area contributed by atoms with E-state index in [0.717, 1.165) is 24.7 Å². The smallest absolute Gasteiger partial charge is 0.136 e. The van der Waals surface area contributed by atoms with Gasteiger partial charge in [-0.15, -0.1) is 0 Å². The van der Waals surface area contributed by atoms with Gasteiger partial charge in [-0.2, -0.15) is 0 Å². The van der Waals surface area contributed by atoms with Crippen molar-refractivity contribution in [3.8, 4) is 5.75 Å². The molecule has 0 saturated carbocycles. The summed E-state index contributed by atoms with van der Waals surface area (Å²) in [7, 11) is 1.71. The standard InChI is InChI=1S/C17H21N3O/c1-21-15-5-2-12-6-8-18-17(16(12)10-15)20-9-7-13-3-4-14(11-20)19-13/h2,5-6,8,10,13-14,19H,3-4,7,9,11H2,1H3. The molecule has 2 aliphatic rings. The first kappa shape index (κ1) is 12.9. The molecule has 2 aliphatic heterocycles. The van der Waals surface area contributed by atoms with Gasteiger partial charge in [0, 0.05) is 36.8 Å². The summed E-state index contributed by atoms with van der Waals surface area (Å²) in [6, 6.07) is 9.61. The maximum Gasteiger partial charge on any atom is 0.136 e. The van der Waals surface area contributed by atoms with Crippen molar-refractivity contribution in [2.24, 2.45) is 0 Å². The van der Waals surface area contributed by atoms with Crippen molar-refractivity contribution in [1.82, 2.24) is 10.3 Å². The molecule has 1 N–H and O–H groups in total. The Morgan fingerprint density at radius 1 is 1.19 bits per heavy atom. The van der Waals surface area contributed by atoms with Crippen LogP contribution in [0.4, 0.5) is 5.82 Å². The number of benzene rings is 1. The van der Waals surface area contributed by atoms with Crippen LogP contribution in [-0.2, 0) is 0 Å². The van der Waals surface area contributed by atoms with E-state index in [1.54, 1.807) is 7.11 Å². The van der Waals surface area contributed by atoms with E-state index < -0.39 is 0 Å². The van der Waals surface area contributed by atoms with Crippen LogP contribution in [0.5, 0.6) is 5.75 Å². The number of hydrogen-bond donors (Lipinski definition) is 1. The van der Waals surface area contributed by atoms with Crippen LogP contribution >= 0.6 is 0 Å². The SMILES string of the molecule is COc1ccc2ccnc(N3CCC4CCC(C3)N4)c2c1. The number of methoxy groups -OCH3 is 1. The molecule has 2 saturated heterocycles. The Labute approximate surface area is 125 Å². The van der Waals surface area contributed by atoms with Gasteiger partial charge in [-0.3, -0.25) is 0 Å². The number of anilines is 1. The molecule has 0 aliphatic carbocycles. The number of ether oxygens (including phenoxy) is 1. The molecule has 2 bridgehead atoms. The molecule has 2 aromatic rings. The zero-order valence-corrected chi connectivity index (χ0v) is 12.4. The fourth-order valence-corrected chi connectivity index (χ4v) is 3.65. The minimum absolute atomic E-state index is 0.611. The maximum absolute atomic E-state index is 5.38. The highest BCUT2D eigenvalue weighted by atomic mass is 16.5. The van der Waals surface area contributed by atoms with E-state index in [2.05, 4.69) is 33.4 Å². The number of rotatable bonds is 2. The van der Waals surface area contributed by atoms with Gasteiger partial charge in [0.2, 0.25) is 0 Å². The summed E-state index contributed by atoms with van der Waals surface area (Å²) < 4.78 is 5.38. The van der Waals surface area contributed by atoms with Gasteiger partial charge in [-0.25, -0.2) is 4.98 Å². The van der Waals surface area contributed by atoms with Crippen LogP contribution in [0, 0.1) is 0 Å². The highest BCUT2D eigenvalue weighted by Gasteiger charge is 2.30. The molecule has 4 nitrogen and oxygen atoms in total. The van der Waals surface area contributed by atoms with E-state index in [1.165, 1.54) is 30.0 Å². The quantitative estimate of drug-likeness (QED) is 0.919. The summed E-state index contributed by atoms with van der Waals surface area (Å²) in [6.45, 7) is 2.14. The Hall–Kier alpha value is -1.81. The van der Waals surface area contributed by atoms with E-state index in [1.807, 2.05) is 12.3 Å². The number of hydrogen-bond acceptors (Lipinski definition) is 4. The Morgan fingerprint density at radius 2 is 2.10 bits per heavy atom. The van der Waals surface area contributed by atoms with Crippen LogP contribution in [0.25, 0.3) is 10.8 Å². The van der Waals surface area contributed by atoms with E-state index in [0.29, 0.717) is 12.1 Å². The molecule has 2 unspecified atom stereocenters. The minimum atomic E-state index is 0.611. The molecule has 21 heavy (non-hydrogen) atoms. The van der Waals surface area contributed by atoms with Crippen molar-refractivity contribution in [2.45, 2.75) is 31.3 Å². The highest BCUT2D eigenvalue weighted by molar-refractivity contribution is 5.93. The average molecular weight is 283 g/mol. The first-order valence-corrected chi connectivity index (χ1v) is 7.77. The second kappa shape index (κ2) is 5.19. The molecule has 0 radical (unpaired) electrons. The van der Waals surface area contributed by atoms with E-state index in [4.69, 9.17) is 4.74 Å². The Kier molecular flexibility index (Phi) is 3.19. The largest absolute Gasteiger partial charge is 0.497 e. The minimum Gasteiger partial charge on any atom is -0.497 e. The highest BCUT2D eigenvalue weighted by Crippen LogP contribution is 2.30. The van der Waals surface area contributed by atoms with Gasteiger partial charge in [0.15, 0.2) is 0 Å². The number of pyridine rings is 1.